The first kappa shape index (κ1) is 18.5. The Morgan fingerprint density at radius 2 is 2.00 bits per heavy atom. The van der Waals surface area contributed by atoms with Gasteiger partial charge in [-0.2, -0.15) is 0 Å². The van der Waals surface area contributed by atoms with Gasteiger partial charge in [-0.05, 0) is 31.8 Å². The Kier molecular flexibility index (Phi) is 6.30. The Morgan fingerprint density at radius 1 is 1.19 bits per heavy atom. The van der Waals surface area contributed by atoms with Crippen LogP contribution in [0.3, 0.4) is 0 Å². The van der Waals surface area contributed by atoms with Gasteiger partial charge in [0, 0.05) is 36.6 Å². The molecule has 2 aromatic heterocycles. The molecule has 0 aliphatic carbocycles. The number of pyridine rings is 1. The van der Waals surface area contributed by atoms with Crippen molar-refractivity contribution < 1.29 is 4.79 Å². The molecule has 0 fully saturated rings. The highest BCUT2D eigenvalue weighted by Gasteiger charge is 2.10. The van der Waals surface area contributed by atoms with E-state index < -0.39 is 0 Å². The highest BCUT2D eigenvalue weighted by molar-refractivity contribution is 7.98. The van der Waals surface area contributed by atoms with Gasteiger partial charge in [0.15, 0.2) is 0 Å². The van der Waals surface area contributed by atoms with Gasteiger partial charge in [0.1, 0.15) is 11.6 Å². The molecular weight excluding hydrogens is 344 g/mol. The fourth-order valence-electron chi connectivity index (χ4n) is 2.70. The van der Waals surface area contributed by atoms with Gasteiger partial charge in [-0.25, -0.2) is 4.98 Å². The summed E-state index contributed by atoms with van der Waals surface area (Å²) >= 11 is 1.72. The predicted octanol–water partition coefficient (Wildman–Crippen LogP) is 3.01. The summed E-state index contributed by atoms with van der Waals surface area (Å²) < 4.78 is 1.98. The monoisotopic (exact) mass is 368 g/mol. The van der Waals surface area contributed by atoms with Gasteiger partial charge in [-0.3, -0.25) is 4.79 Å². The van der Waals surface area contributed by atoms with Crippen molar-refractivity contribution >= 4 is 28.6 Å². The van der Waals surface area contributed by atoms with Crippen LogP contribution in [-0.4, -0.2) is 47.5 Å². The number of fused-ring (bicyclic) bond motifs is 1. The number of hydrogen-bond donors (Lipinski definition) is 1. The first-order chi connectivity index (χ1) is 12.6. The van der Waals surface area contributed by atoms with Gasteiger partial charge in [-0.1, -0.05) is 30.3 Å². The third-order valence-corrected chi connectivity index (χ3v) is 5.15. The number of carbonyl (C=O) groups is 1. The van der Waals surface area contributed by atoms with Gasteiger partial charge in [0.05, 0.1) is 5.52 Å². The predicted molar refractivity (Wildman–Crippen MR) is 107 cm³/mol. The fourth-order valence-corrected chi connectivity index (χ4v) is 3.66. The number of hydrogen-bond acceptors (Lipinski definition) is 4. The molecule has 26 heavy (non-hydrogen) atoms. The van der Waals surface area contributed by atoms with E-state index in [9.17, 15) is 4.79 Å². The maximum absolute atomic E-state index is 12.2. The first-order valence-electron chi connectivity index (χ1n) is 8.65. The fraction of sp³-hybridized carbons (Fsp3) is 0.300. The van der Waals surface area contributed by atoms with Crippen LogP contribution in [0.1, 0.15) is 5.56 Å². The summed E-state index contributed by atoms with van der Waals surface area (Å²) in [6.07, 6.45) is 3.78. The lowest BCUT2D eigenvalue weighted by atomic mass is 10.2. The van der Waals surface area contributed by atoms with E-state index in [1.165, 1.54) is 5.56 Å². The second-order valence-electron chi connectivity index (χ2n) is 6.42. The number of benzene rings is 1. The summed E-state index contributed by atoms with van der Waals surface area (Å²) in [5.74, 6) is 0.906. The van der Waals surface area contributed by atoms with E-state index in [-0.39, 0.29) is 5.91 Å². The molecule has 2 heterocycles. The quantitative estimate of drug-likeness (QED) is 0.621. The number of aromatic nitrogens is 2. The molecular formula is C20H24N4OS. The Hall–Kier alpha value is -2.31. The zero-order valence-electron chi connectivity index (χ0n) is 15.2. The van der Waals surface area contributed by atoms with E-state index in [0.29, 0.717) is 13.1 Å². The molecule has 0 saturated carbocycles. The average Bonchev–Trinajstić information content (AvgIpc) is 3.04. The molecule has 3 rings (SSSR count). The van der Waals surface area contributed by atoms with Crippen LogP contribution in [0.25, 0.3) is 10.9 Å². The Balaban J connectivity index is 1.67. The largest absolute Gasteiger partial charge is 0.353 e. The summed E-state index contributed by atoms with van der Waals surface area (Å²) in [4.78, 5) is 18.7. The Morgan fingerprint density at radius 3 is 2.77 bits per heavy atom. The molecule has 6 heteroatoms. The number of nitrogens with zero attached hydrogens (tertiary/aromatic N) is 3. The third kappa shape index (κ3) is 4.86. The van der Waals surface area contributed by atoms with E-state index in [1.807, 2.05) is 54.2 Å². The molecule has 1 aromatic carbocycles. The zero-order valence-corrected chi connectivity index (χ0v) is 16.0. The molecule has 0 radical (unpaired) electrons. The van der Waals surface area contributed by atoms with Crippen LogP contribution in [0.5, 0.6) is 0 Å². The smallest absolute Gasteiger partial charge is 0.239 e. The van der Waals surface area contributed by atoms with Gasteiger partial charge in [0.2, 0.25) is 5.91 Å². The minimum absolute atomic E-state index is 0.0275. The second kappa shape index (κ2) is 8.87. The summed E-state index contributed by atoms with van der Waals surface area (Å²) in [5.41, 5.74) is 2.31. The third-order valence-electron chi connectivity index (χ3n) is 4.07. The van der Waals surface area contributed by atoms with Crippen LogP contribution >= 0.6 is 11.8 Å². The molecule has 5 nitrogen and oxygen atoms in total. The van der Waals surface area contributed by atoms with Gasteiger partial charge >= 0.3 is 0 Å². The van der Waals surface area contributed by atoms with E-state index in [4.69, 9.17) is 0 Å². The Labute approximate surface area is 158 Å². The first-order valence-corrected chi connectivity index (χ1v) is 9.64. The van der Waals surface area contributed by atoms with Crippen molar-refractivity contribution in [1.82, 2.24) is 19.8 Å². The lowest BCUT2D eigenvalue weighted by Gasteiger charge is -2.11. The highest BCUT2D eigenvalue weighted by atomic mass is 32.2. The molecule has 136 valence electrons. The SMILES string of the molecule is CN(C)CCNC(=O)Cn1ccc2c(SCc3ccccc3)nccc21. The molecule has 0 atom stereocenters. The van der Waals surface area contributed by atoms with E-state index >= 15 is 0 Å². The minimum Gasteiger partial charge on any atom is -0.353 e. The van der Waals surface area contributed by atoms with Crippen LogP contribution in [-0.2, 0) is 17.1 Å². The molecule has 0 bridgehead atoms. The number of rotatable bonds is 8. The number of amides is 1. The molecule has 0 aliphatic heterocycles. The van der Waals surface area contributed by atoms with Crippen LogP contribution in [0.15, 0.2) is 59.9 Å². The second-order valence-corrected chi connectivity index (χ2v) is 7.38. The molecule has 0 spiro atoms. The van der Waals surface area contributed by atoms with Crippen LogP contribution in [0.2, 0.25) is 0 Å². The van der Waals surface area contributed by atoms with Crippen molar-refractivity contribution in [3.8, 4) is 0 Å². The van der Waals surface area contributed by atoms with Crippen molar-refractivity contribution in [2.75, 3.05) is 27.2 Å². The van der Waals surface area contributed by atoms with Crippen molar-refractivity contribution in [3.63, 3.8) is 0 Å². The van der Waals surface area contributed by atoms with E-state index in [2.05, 4.69) is 34.6 Å². The van der Waals surface area contributed by atoms with E-state index in [1.54, 1.807) is 11.8 Å². The van der Waals surface area contributed by atoms with Crippen molar-refractivity contribution in [2.24, 2.45) is 0 Å². The standard InChI is InChI=1S/C20H24N4OS/c1-23(2)13-11-21-19(25)14-24-12-9-17-18(24)8-10-22-20(17)26-15-16-6-4-3-5-7-16/h3-10,12H,11,13-15H2,1-2H3,(H,21,25). The summed E-state index contributed by atoms with van der Waals surface area (Å²) in [5, 5.41) is 5.05. The summed E-state index contributed by atoms with van der Waals surface area (Å²) in [6.45, 7) is 1.82. The number of carbonyl (C=O) groups excluding carboxylic acids is 1. The van der Waals surface area contributed by atoms with Crippen molar-refractivity contribution in [1.29, 1.82) is 0 Å². The van der Waals surface area contributed by atoms with Crippen LogP contribution < -0.4 is 5.32 Å². The Bertz CT molecular complexity index is 861. The van der Waals surface area contributed by atoms with Gasteiger partial charge < -0.3 is 14.8 Å². The molecule has 1 N–H and O–H groups in total. The molecule has 3 aromatic rings. The topological polar surface area (TPSA) is 50.2 Å². The highest BCUT2D eigenvalue weighted by Crippen LogP contribution is 2.28. The lowest BCUT2D eigenvalue weighted by molar-refractivity contribution is -0.121. The normalized spacial score (nSPS) is 11.2. The maximum Gasteiger partial charge on any atom is 0.239 e. The summed E-state index contributed by atoms with van der Waals surface area (Å²) in [6, 6.07) is 14.4. The summed E-state index contributed by atoms with van der Waals surface area (Å²) in [7, 11) is 3.99. The minimum atomic E-state index is 0.0275. The van der Waals surface area contributed by atoms with E-state index in [0.717, 1.165) is 28.2 Å². The molecule has 0 unspecified atom stereocenters. The van der Waals surface area contributed by atoms with Crippen molar-refractivity contribution in [2.45, 2.75) is 17.3 Å². The van der Waals surface area contributed by atoms with Crippen LogP contribution in [0.4, 0.5) is 0 Å². The number of thioether (sulfide) groups is 1. The molecule has 0 saturated heterocycles. The van der Waals surface area contributed by atoms with Gasteiger partial charge in [-0.15, -0.1) is 11.8 Å². The average molecular weight is 369 g/mol. The maximum atomic E-state index is 12.2. The van der Waals surface area contributed by atoms with Crippen LogP contribution in [0, 0.1) is 0 Å². The number of nitrogens with one attached hydrogen (secondary N) is 1. The molecule has 1 amide bonds. The molecule has 0 aliphatic rings. The zero-order chi connectivity index (χ0) is 18.4. The van der Waals surface area contributed by atoms with Crippen molar-refractivity contribution in [3.05, 3.63) is 60.4 Å². The number of likely N-dealkylation sites (N-methyl/N-ethyl adjacent to an activating group) is 1. The lowest BCUT2D eigenvalue weighted by Crippen LogP contribution is -2.33. The van der Waals surface area contributed by atoms with Gasteiger partial charge in [0.25, 0.3) is 0 Å².